The Morgan fingerprint density at radius 1 is 1.38 bits per heavy atom. The monoisotopic (exact) mass is 388 g/mol. The smallest absolute Gasteiger partial charge is 0.199 e. The van der Waals surface area contributed by atoms with Gasteiger partial charge in [-0.1, -0.05) is 44.0 Å². The Hall–Kier alpha value is -2.34. The number of allylic oxidation sites excluding steroid dienone is 1. The van der Waals surface area contributed by atoms with Crippen LogP contribution in [-0.4, -0.2) is 10.9 Å². The van der Waals surface area contributed by atoms with Gasteiger partial charge in [-0.3, -0.25) is 0 Å². The van der Waals surface area contributed by atoms with E-state index in [4.69, 9.17) is 10.5 Å². The first-order chi connectivity index (χ1) is 11.7. The fourth-order valence-corrected chi connectivity index (χ4v) is 2.20. The van der Waals surface area contributed by atoms with E-state index in [1.54, 1.807) is 12.4 Å². The maximum atomic E-state index is 5.90. The second kappa shape index (κ2) is 9.72. The Morgan fingerprint density at radius 2 is 2.17 bits per heavy atom. The number of nitrogens with one attached hydrogen (secondary N) is 1. The van der Waals surface area contributed by atoms with Gasteiger partial charge in [0.15, 0.2) is 17.5 Å². The number of benzene rings is 1. The summed E-state index contributed by atoms with van der Waals surface area (Å²) in [7, 11) is 0. The number of hydrogen-bond donors (Lipinski definition) is 2. The van der Waals surface area contributed by atoms with Crippen LogP contribution in [-0.2, 0) is 0 Å². The molecule has 0 spiro atoms. The average molecular weight is 389 g/mol. The molecule has 0 radical (unpaired) electrons. The summed E-state index contributed by atoms with van der Waals surface area (Å²) in [5.41, 5.74) is 5.90. The summed E-state index contributed by atoms with van der Waals surface area (Å²) in [5, 5.41) is 2.97. The van der Waals surface area contributed by atoms with Gasteiger partial charge in [0.25, 0.3) is 0 Å². The first-order valence-corrected chi connectivity index (χ1v) is 8.62. The zero-order valence-corrected chi connectivity index (χ0v) is 15.2. The highest BCUT2D eigenvalue weighted by atomic mass is 79.9. The third-order valence-corrected chi connectivity index (χ3v) is 3.51. The molecule has 0 atom stereocenters. The van der Waals surface area contributed by atoms with Gasteiger partial charge in [-0.15, -0.1) is 0 Å². The van der Waals surface area contributed by atoms with E-state index in [0.29, 0.717) is 11.6 Å². The standard InChI is InChI=1S/C18H21BrN4O/c1-2-3-4-8-11-21-18(20)23-17-16(12-14(19)13-22-17)24-15-9-6-5-7-10-15/h5-13H,2-4H2,1H3,(H3,20,21,22,23)/b11-8+. The molecular weight excluding hydrogens is 368 g/mol. The third kappa shape index (κ3) is 6.04. The second-order valence-corrected chi connectivity index (χ2v) is 6.00. The van der Waals surface area contributed by atoms with Crippen LogP contribution in [0.1, 0.15) is 26.2 Å². The summed E-state index contributed by atoms with van der Waals surface area (Å²) in [6, 6.07) is 11.3. The minimum Gasteiger partial charge on any atom is -0.453 e. The quantitative estimate of drug-likeness (QED) is 0.394. The molecule has 0 unspecified atom stereocenters. The number of para-hydroxylation sites is 1. The highest BCUT2D eigenvalue weighted by Gasteiger charge is 2.08. The van der Waals surface area contributed by atoms with Gasteiger partial charge in [0.05, 0.1) is 0 Å². The van der Waals surface area contributed by atoms with E-state index < -0.39 is 0 Å². The van der Waals surface area contributed by atoms with Crippen molar-refractivity contribution < 1.29 is 4.74 Å². The average Bonchev–Trinajstić information content (AvgIpc) is 2.58. The van der Waals surface area contributed by atoms with Gasteiger partial charge in [0, 0.05) is 22.9 Å². The van der Waals surface area contributed by atoms with Crippen molar-refractivity contribution in [2.45, 2.75) is 26.2 Å². The minimum atomic E-state index is 0.260. The summed E-state index contributed by atoms with van der Waals surface area (Å²) in [4.78, 5) is 8.46. The van der Waals surface area contributed by atoms with Crippen molar-refractivity contribution in [2.24, 2.45) is 10.7 Å². The molecule has 0 saturated carbocycles. The Kier molecular flexibility index (Phi) is 7.29. The molecule has 6 heteroatoms. The lowest BCUT2D eigenvalue weighted by atomic mass is 10.2. The van der Waals surface area contributed by atoms with Crippen LogP contribution in [0.15, 0.2) is 64.3 Å². The number of hydrogen-bond acceptors (Lipinski definition) is 3. The fourth-order valence-electron chi connectivity index (χ4n) is 1.89. The van der Waals surface area contributed by atoms with Crippen LogP contribution >= 0.6 is 15.9 Å². The van der Waals surface area contributed by atoms with Crippen molar-refractivity contribution >= 4 is 27.7 Å². The van der Waals surface area contributed by atoms with Crippen molar-refractivity contribution in [3.8, 4) is 11.5 Å². The number of halogens is 1. The van der Waals surface area contributed by atoms with Crippen LogP contribution < -0.4 is 15.8 Å². The Labute approximate surface area is 150 Å². The molecule has 0 bridgehead atoms. The molecule has 0 fully saturated rings. The van der Waals surface area contributed by atoms with Gasteiger partial charge in [0.1, 0.15) is 5.75 Å². The topological polar surface area (TPSA) is 72.5 Å². The predicted molar refractivity (Wildman–Crippen MR) is 102 cm³/mol. The number of unbranched alkanes of at least 4 members (excludes halogenated alkanes) is 2. The van der Waals surface area contributed by atoms with Gasteiger partial charge < -0.3 is 15.8 Å². The number of aromatic nitrogens is 1. The lowest BCUT2D eigenvalue weighted by molar-refractivity contribution is 0.482. The second-order valence-electron chi connectivity index (χ2n) is 5.08. The Morgan fingerprint density at radius 3 is 2.92 bits per heavy atom. The van der Waals surface area contributed by atoms with Crippen LogP contribution in [0.3, 0.4) is 0 Å². The molecule has 1 aromatic heterocycles. The SMILES string of the molecule is CCCC/C=C/N=C(N)Nc1ncc(Br)cc1Oc1ccccc1. The van der Waals surface area contributed by atoms with Crippen LogP contribution in [0.25, 0.3) is 0 Å². The van der Waals surface area contributed by atoms with Crippen LogP contribution in [0, 0.1) is 0 Å². The maximum Gasteiger partial charge on any atom is 0.199 e. The number of guanidine groups is 1. The molecule has 2 aromatic rings. The zero-order valence-electron chi connectivity index (χ0n) is 13.6. The van der Waals surface area contributed by atoms with E-state index in [0.717, 1.165) is 29.5 Å². The normalized spacial score (nSPS) is 11.7. The Bertz CT molecular complexity index is 701. The highest BCUT2D eigenvalue weighted by Crippen LogP contribution is 2.30. The van der Waals surface area contributed by atoms with Gasteiger partial charge in [0.2, 0.25) is 0 Å². The molecule has 24 heavy (non-hydrogen) atoms. The third-order valence-electron chi connectivity index (χ3n) is 3.08. The molecule has 0 amide bonds. The fraction of sp³-hybridized carbons (Fsp3) is 0.222. The van der Waals surface area contributed by atoms with Crippen molar-refractivity contribution in [1.82, 2.24) is 4.98 Å². The maximum absolute atomic E-state index is 5.90. The molecule has 1 aromatic carbocycles. The highest BCUT2D eigenvalue weighted by molar-refractivity contribution is 9.10. The van der Waals surface area contributed by atoms with Crippen LogP contribution in [0.4, 0.5) is 5.82 Å². The number of rotatable bonds is 7. The van der Waals surface area contributed by atoms with Gasteiger partial charge in [-0.2, -0.15) is 0 Å². The molecule has 1 heterocycles. The van der Waals surface area contributed by atoms with Crippen LogP contribution in [0.2, 0.25) is 0 Å². The van der Waals surface area contributed by atoms with Crippen molar-refractivity contribution in [3.05, 3.63) is 59.3 Å². The number of anilines is 1. The van der Waals surface area contributed by atoms with Crippen LogP contribution in [0.5, 0.6) is 11.5 Å². The number of nitrogens with two attached hydrogens (primary N) is 1. The lowest BCUT2D eigenvalue weighted by Gasteiger charge is -2.11. The first kappa shape index (κ1) is 18.0. The zero-order chi connectivity index (χ0) is 17.2. The van der Waals surface area contributed by atoms with E-state index in [2.05, 4.69) is 38.1 Å². The largest absolute Gasteiger partial charge is 0.453 e. The molecule has 0 aliphatic heterocycles. The van der Waals surface area contributed by atoms with E-state index >= 15 is 0 Å². The van der Waals surface area contributed by atoms with Gasteiger partial charge in [-0.05, 0) is 34.5 Å². The van der Waals surface area contributed by atoms with E-state index in [1.165, 1.54) is 0 Å². The summed E-state index contributed by atoms with van der Waals surface area (Å²) in [6.45, 7) is 2.15. The molecule has 5 nitrogen and oxygen atoms in total. The van der Waals surface area contributed by atoms with E-state index in [-0.39, 0.29) is 5.96 Å². The first-order valence-electron chi connectivity index (χ1n) is 7.82. The van der Waals surface area contributed by atoms with E-state index in [9.17, 15) is 0 Å². The lowest BCUT2D eigenvalue weighted by Crippen LogP contribution is -2.22. The van der Waals surface area contributed by atoms with Gasteiger partial charge in [-0.25, -0.2) is 9.98 Å². The molecule has 3 N–H and O–H groups in total. The molecule has 0 saturated heterocycles. The predicted octanol–water partition coefficient (Wildman–Crippen LogP) is 5.07. The number of nitrogens with zero attached hydrogens (tertiary/aromatic N) is 2. The van der Waals surface area contributed by atoms with Gasteiger partial charge >= 0.3 is 0 Å². The summed E-state index contributed by atoms with van der Waals surface area (Å²) in [6.07, 6.45) is 8.66. The minimum absolute atomic E-state index is 0.260. The molecular formula is C18H21BrN4O. The van der Waals surface area contributed by atoms with Crippen molar-refractivity contribution in [3.63, 3.8) is 0 Å². The molecule has 0 aliphatic carbocycles. The molecule has 0 aliphatic rings. The summed E-state index contributed by atoms with van der Waals surface area (Å²) in [5.74, 6) is 2.04. The number of aliphatic imine (C=N–C) groups is 1. The number of pyridine rings is 1. The van der Waals surface area contributed by atoms with E-state index in [1.807, 2.05) is 42.5 Å². The molecule has 2 rings (SSSR count). The molecule has 126 valence electrons. The number of ether oxygens (including phenoxy) is 1. The van der Waals surface area contributed by atoms with Crippen molar-refractivity contribution in [2.75, 3.05) is 5.32 Å². The summed E-state index contributed by atoms with van der Waals surface area (Å²) < 4.78 is 6.68. The Balaban J connectivity index is 2.09. The summed E-state index contributed by atoms with van der Waals surface area (Å²) >= 11 is 3.40. The van der Waals surface area contributed by atoms with Crippen molar-refractivity contribution in [1.29, 1.82) is 0 Å².